The summed E-state index contributed by atoms with van der Waals surface area (Å²) in [4.78, 5) is 5.34. The molecule has 0 N–H and O–H groups in total. The van der Waals surface area contributed by atoms with Crippen LogP contribution in [0.1, 0.15) is 0 Å². The van der Waals surface area contributed by atoms with Gasteiger partial charge >= 0.3 is 0 Å². The highest BCUT2D eigenvalue weighted by Gasteiger charge is 2.21. The van der Waals surface area contributed by atoms with Gasteiger partial charge in [-0.05, 0) is 94.7 Å². The highest BCUT2D eigenvalue weighted by molar-refractivity contribution is 7.26. The van der Waals surface area contributed by atoms with Crippen molar-refractivity contribution >= 4 is 96.3 Å². The second-order valence-corrected chi connectivity index (χ2v) is 17.2. The summed E-state index contributed by atoms with van der Waals surface area (Å²) >= 11 is 1.88. The number of para-hydroxylation sites is 1. The first-order valence-electron chi connectivity index (χ1n) is 21.0. The minimum Gasteiger partial charge on any atom is -0.247 e. The summed E-state index contributed by atoms with van der Waals surface area (Å²) in [5, 5.41) is 16.3. The van der Waals surface area contributed by atoms with Gasteiger partial charge in [0.05, 0.1) is 11.2 Å². The lowest BCUT2D eigenvalue weighted by Gasteiger charge is -2.20. The lowest BCUT2D eigenvalue weighted by molar-refractivity contribution is 1.43. The van der Waals surface area contributed by atoms with Gasteiger partial charge in [0.2, 0.25) is 0 Å². The molecule has 282 valence electrons. The van der Waals surface area contributed by atoms with E-state index in [0.29, 0.717) is 0 Å². The molecule has 0 spiro atoms. The fourth-order valence-electron chi connectivity index (χ4n) is 10.1. The second kappa shape index (κ2) is 13.4. The van der Waals surface area contributed by atoms with Crippen molar-refractivity contribution in [3.8, 4) is 44.6 Å². The van der Waals surface area contributed by atoms with Crippen molar-refractivity contribution in [1.29, 1.82) is 0 Å². The summed E-state index contributed by atoms with van der Waals surface area (Å²) in [6.45, 7) is 0. The van der Waals surface area contributed by atoms with Gasteiger partial charge in [-0.3, -0.25) is 0 Å². The standard InChI is InChI=1S/C59H35NS/c1-3-17-41-37(13-1)15-11-23-44(41)55-46-20-5-6-21-47(46)56(45-24-12-16-38-14-2-4-18-42(38)45)52-35-40(31-32-48(52)55)36-27-29-39(30-28-36)58-51-34-33-49-43-19-8-10-26-54(43)61-59(49)57(51)50-22-7-9-25-53(50)60-58/h1-35H. The van der Waals surface area contributed by atoms with Gasteiger partial charge < -0.3 is 0 Å². The molecule has 1 nitrogen and oxygen atoms in total. The molecule has 2 aromatic heterocycles. The Labute approximate surface area is 356 Å². The van der Waals surface area contributed by atoms with E-state index in [1.165, 1.54) is 113 Å². The summed E-state index contributed by atoms with van der Waals surface area (Å²) in [6, 6.07) is 78.1. The summed E-state index contributed by atoms with van der Waals surface area (Å²) in [6.07, 6.45) is 0. The predicted molar refractivity (Wildman–Crippen MR) is 264 cm³/mol. The molecule has 11 aromatic carbocycles. The van der Waals surface area contributed by atoms with Gasteiger partial charge in [-0.15, -0.1) is 11.3 Å². The van der Waals surface area contributed by atoms with Crippen molar-refractivity contribution < 1.29 is 0 Å². The molecule has 0 unspecified atom stereocenters. The van der Waals surface area contributed by atoms with Crippen molar-refractivity contribution in [3.05, 3.63) is 212 Å². The van der Waals surface area contributed by atoms with Crippen molar-refractivity contribution in [3.63, 3.8) is 0 Å². The summed E-state index contributed by atoms with van der Waals surface area (Å²) < 4.78 is 2.64. The second-order valence-electron chi connectivity index (χ2n) is 16.1. The predicted octanol–water partition coefficient (Wildman–Crippen LogP) is 17.0. The topological polar surface area (TPSA) is 12.9 Å². The number of hydrogen-bond acceptors (Lipinski definition) is 2. The van der Waals surface area contributed by atoms with Crippen LogP contribution < -0.4 is 0 Å². The molecule has 0 saturated carbocycles. The Morgan fingerprint density at radius 3 is 1.51 bits per heavy atom. The van der Waals surface area contributed by atoms with Crippen LogP contribution in [0.4, 0.5) is 0 Å². The summed E-state index contributed by atoms with van der Waals surface area (Å²) in [5.74, 6) is 0. The van der Waals surface area contributed by atoms with Crippen LogP contribution in [0.5, 0.6) is 0 Å². The molecular weight excluding hydrogens is 755 g/mol. The first-order valence-corrected chi connectivity index (χ1v) is 21.8. The average Bonchev–Trinajstić information content (AvgIpc) is 3.72. The summed E-state index contributed by atoms with van der Waals surface area (Å²) in [5.41, 5.74) is 10.5. The van der Waals surface area contributed by atoms with Gasteiger partial charge in [0.1, 0.15) is 0 Å². The number of nitrogens with zero attached hydrogens (tertiary/aromatic N) is 1. The Hall–Kier alpha value is -7.65. The van der Waals surface area contributed by atoms with Crippen LogP contribution in [0.2, 0.25) is 0 Å². The first-order chi connectivity index (χ1) is 30.3. The maximum atomic E-state index is 5.34. The number of hydrogen-bond donors (Lipinski definition) is 0. The monoisotopic (exact) mass is 789 g/mol. The Balaban J connectivity index is 1.04. The normalized spacial score (nSPS) is 11.9. The Morgan fingerprint density at radius 2 is 0.803 bits per heavy atom. The van der Waals surface area contributed by atoms with Crippen molar-refractivity contribution in [2.45, 2.75) is 0 Å². The molecule has 61 heavy (non-hydrogen) atoms. The fraction of sp³-hybridized carbons (Fsp3) is 0. The van der Waals surface area contributed by atoms with Crippen LogP contribution in [0.15, 0.2) is 212 Å². The molecule has 0 aliphatic heterocycles. The SMILES string of the molecule is c1ccc2c(-c3c4ccccc4c(-c4cccc5ccccc45)c4cc(-c5ccc(-c6nc7ccccc7c7c6ccc6c8ccccc8sc67)cc5)ccc34)cccc2c1. The van der Waals surface area contributed by atoms with Crippen molar-refractivity contribution in [2.75, 3.05) is 0 Å². The van der Waals surface area contributed by atoms with Gasteiger partial charge in [-0.1, -0.05) is 194 Å². The molecule has 0 radical (unpaired) electrons. The molecule has 0 bridgehead atoms. The van der Waals surface area contributed by atoms with E-state index in [1.807, 2.05) is 11.3 Å². The lowest BCUT2D eigenvalue weighted by Crippen LogP contribution is -1.93. The minimum atomic E-state index is 1.02. The van der Waals surface area contributed by atoms with Crippen LogP contribution in [-0.2, 0) is 0 Å². The third-order valence-electron chi connectivity index (χ3n) is 12.8. The highest BCUT2D eigenvalue weighted by Crippen LogP contribution is 2.48. The van der Waals surface area contributed by atoms with Crippen LogP contribution in [-0.4, -0.2) is 4.98 Å². The maximum Gasteiger partial charge on any atom is 0.0788 e. The van der Waals surface area contributed by atoms with E-state index in [9.17, 15) is 0 Å². The number of rotatable bonds is 4. The Kier molecular flexibility index (Phi) is 7.54. The summed E-state index contributed by atoms with van der Waals surface area (Å²) in [7, 11) is 0. The lowest BCUT2D eigenvalue weighted by atomic mass is 9.83. The maximum absolute atomic E-state index is 5.34. The van der Waals surface area contributed by atoms with Crippen molar-refractivity contribution in [2.24, 2.45) is 0 Å². The van der Waals surface area contributed by atoms with Crippen LogP contribution in [0.3, 0.4) is 0 Å². The largest absolute Gasteiger partial charge is 0.247 e. The molecule has 2 heterocycles. The van der Waals surface area contributed by atoms with E-state index in [-0.39, 0.29) is 0 Å². The Bertz CT molecular complexity index is 3920. The van der Waals surface area contributed by atoms with Gasteiger partial charge in [-0.25, -0.2) is 4.98 Å². The van der Waals surface area contributed by atoms with Crippen LogP contribution in [0, 0.1) is 0 Å². The number of aromatic nitrogens is 1. The van der Waals surface area contributed by atoms with Crippen LogP contribution in [0.25, 0.3) is 130 Å². The average molecular weight is 790 g/mol. The number of fused-ring (bicyclic) bond motifs is 11. The Morgan fingerprint density at radius 1 is 0.311 bits per heavy atom. The van der Waals surface area contributed by atoms with Gasteiger partial charge in [0.15, 0.2) is 0 Å². The molecule has 13 aromatic rings. The van der Waals surface area contributed by atoms with Crippen molar-refractivity contribution in [1.82, 2.24) is 4.98 Å². The van der Waals surface area contributed by atoms with E-state index in [2.05, 4.69) is 212 Å². The fourth-order valence-corrected chi connectivity index (χ4v) is 11.3. The molecule has 0 saturated heterocycles. The zero-order chi connectivity index (χ0) is 40.0. The first kappa shape index (κ1) is 34.2. The molecular formula is C59H35NS. The molecule has 0 aliphatic rings. The molecule has 0 fully saturated rings. The minimum absolute atomic E-state index is 1.02. The van der Waals surface area contributed by atoms with Crippen LogP contribution >= 0.6 is 11.3 Å². The smallest absolute Gasteiger partial charge is 0.0788 e. The number of pyridine rings is 1. The van der Waals surface area contributed by atoms with Gasteiger partial charge in [0.25, 0.3) is 0 Å². The van der Waals surface area contributed by atoms with Gasteiger partial charge in [0, 0.05) is 41.9 Å². The molecule has 0 amide bonds. The zero-order valence-electron chi connectivity index (χ0n) is 33.1. The van der Waals surface area contributed by atoms with E-state index in [4.69, 9.17) is 4.98 Å². The quantitative estimate of drug-likeness (QED) is 0.128. The number of thiophene rings is 1. The zero-order valence-corrected chi connectivity index (χ0v) is 33.9. The highest BCUT2D eigenvalue weighted by atomic mass is 32.1. The van der Waals surface area contributed by atoms with E-state index < -0.39 is 0 Å². The van der Waals surface area contributed by atoms with E-state index in [0.717, 1.165) is 16.8 Å². The van der Waals surface area contributed by atoms with E-state index in [1.54, 1.807) is 0 Å². The molecule has 2 heteroatoms. The third kappa shape index (κ3) is 5.23. The van der Waals surface area contributed by atoms with Gasteiger partial charge in [-0.2, -0.15) is 0 Å². The number of benzene rings is 11. The third-order valence-corrected chi connectivity index (χ3v) is 14.0. The molecule has 0 atom stereocenters. The van der Waals surface area contributed by atoms with E-state index >= 15 is 0 Å². The molecule has 0 aliphatic carbocycles. The molecule has 13 rings (SSSR count).